The molecule has 156 valence electrons. The lowest BCUT2D eigenvalue weighted by Gasteiger charge is -2.35. The molecule has 1 N–H and O–H groups in total. The highest BCUT2D eigenvalue weighted by molar-refractivity contribution is 7.92. The van der Waals surface area contributed by atoms with Crippen LogP contribution in [0, 0.1) is 6.92 Å². The molecule has 1 saturated carbocycles. The van der Waals surface area contributed by atoms with Crippen LogP contribution in [0.15, 0.2) is 53.4 Å². The van der Waals surface area contributed by atoms with E-state index in [1.807, 2.05) is 6.92 Å². The Morgan fingerprint density at radius 3 is 2.34 bits per heavy atom. The standard InChI is InChI=1S/C22H28N2O4S/c1-16-11-13-19(14-12-16)29(27,28)24(3)18-8-6-7-17(15-18)22(26)23(2)20-9-4-5-10-21(20)25/h6-8,11-15,20-21,25H,4-5,9-10H2,1-3H3/t20-,21+/m1/s1. The molecule has 0 bridgehead atoms. The van der Waals surface area contributed by atoms with Crippen molar-refractivity contribution in [2.75, 3.05) is 18.4 Å². The van der Waals surface area contributed by atoms with Gasteiger partial charge in [0.15, 0.2) is 0 Å². The quantitative estimate of drug-likeness (QED) is 0.812. The maximum atomic E-state index is 13.0. The predicted octanol–water partition coefficient (Wildman–Crippen LogP) is 3.20. The first-order chi connectivity index (χ1) is 13.7. The van der Waals surface area contributed by atoms with Crippen molar-refractivity contribution in [2.45, 2.75) is 49.6 Å². The number of anilines is 1. The highest BCUT2D eigenvalue weighted by Gasteiger charge is 2.30. The Labute approximate surface area is 172 Å². The third-order valence-electron chi connectivity index (χ3n) is 5.65. The van der Waals surface area contributed by atoms with E-state index in [9.17, 15) is 18.3 Å². The van der Waals surface area contributed by atoms with Crippen molar-refractivity contribution in [3.8, 4) is 0 Å². The number of aliphatic hydroxyl groups excluding tert-OH is 1. The first-order valence-electron chi connectivity index (χ1n) is 9.82. The molecule has 7 heteroatoms. The fourth-order valence-corrected chi connectivity index (χ4v) is 4.93. The minimum atomic E-state index is -3.73. The van der Waals surface area contributed by atoms with Gasteiger partial charge in [0.05, 0.1) is 22.7 Å². The van der Waals surface area contributed by atoms with E-state index in [1.165, 1.54) is 11.4 Å². The number of aryl methyl sites for hydroxylation is 1. The SMILES string of the molecule is Cc1ccc(S(=O)(=O)N(C)c2cccc(C(=O)N(C)[C@@H]3CCCC[C@@H]3O)c2)cc1. The number of hydrogen-bond donors (Lipinski definition) is 1. The summed E-state index contributed by atoms with van der Waals surface area (Å²) in [6, 6.07) is 13.0. The minimum absolute atomic E-state index is 0.199. The summed E-state index contributed by atoms with van der Waals surface area (Å²) in [5.41, 5.74) is 1.79. The van der Waals surface area contributed by atoms with Crippen molar-refractivity contribution in [3.05, 3.63) is 59.7 Å². The van der Waals surface area contributed by atoms with E-state index in [4.69, 9.17) is 0 Å². The topological polar surface area (TPSA) is 77.9 Å². The molecule has 0 radical (unpaired) electrons. The molecule has 0 spiro atoms. The third-order valence-corrected chi connectivity index (χ3v) is 7.45. The number of aliphatic hydroxyl groups is 1. The smallest absolute Gasteiger partial charge is 0.264 e. The second-order valence-electron chi connectivity index (χ2n) is 7.67. The van der Waals surface area contributed by atoms with Gasteiger partial charge in [-0.05, 0) is 50.1 Å². The summed E-state index contributed by atoms with van der Waals surface area (Å²) in [6.45, 7) is 1.90. The lowest BCUT2D eigenvalue weighted by Crippen LogP contribution is -2.46. The van der Waals surface area contributed by atoms with Gasteiger partial charge < -0.3 is 10.0 Å². The zero-order valence-corrected chi connectivity index (χ0v) is 17.9. The van der Waals surface area contributed by atoms with Gasteiger partial charge >= 0.3 is 0 Å². The van der Waals surface area contributed by atoms with Crippen LogP contribution in [-0.2, 0) is 10.0 Å². The van der Waals surface area contributed by atoms with E-state index < -0.39 is 16.1 Å². The summed E-state index contributed by atoms with van der Waals surface area (Å²) in [4.78, 5) is 14.7. The lowest BCUT2D eigenvalue weighted by atomic mass is 9.91. The maximum absolute atomic E-state index is 13.0. The Balaban J connectivity index is 1.84. The number of nitrogens with zero attached hydrogens (tertiary/aromatic N) is 2. The molecule has 1 aliphatic carbocycles. The molecule has 1 aliphatic rings. The van der Waals surface area contributed by atoms with Crippen LogP contribution in [0.3, 0.4) is 0 Å². The molecule has 6 nitrogen and oxygen atoms in total. The molecule has 29 heavy (non-hydrogen) atoms. The van der Waals surface area contributed by atoms with Crippen molar-refractivity contribution in [2.24, 2.45) is 0 Å². The number of amides is 1. The summed E-state index contributed by atoms with van der Waals surface area (Å²) < 4.78 is 27.1. The van der Waals surface area contributed by atoms with E-state index >= 15 is 0 Å². The van der Waals surface area contributed by atoms with E-state index in [0.717, 1.165) is 24.8 Å². The molecule has 3 rings (SSSR count). The summed E-state index contributed by atoms with van der Waals surface area (Å²) >= 11 is 0. The van der Waals surface area contributed by atoms with Gasteiger partial charge in [0, 0.05) is 19.7 Å². The van der Waals surface area contributed by atoms with Crippen LogP contribution in [0.4, 0.5) is 5.69 Å². The number of benzene rings is 2. The largest absolute Gasteiger partial charge is 0.391 e. The van der Waals surface area contributed by atoms with E-state index in [-0.39, 0.29) is 16.8 Å². The van der Waals surface area contributed by atoms with Gasteiger partial charge in [-0.3, -0.25) is 9.10 Å². The van der Waals surface area contributed by atoms with Gasteiger partial charge in [-0.25, -0.2) is 8.42 Å². The number of carbonyl (C=O) groups excluding carboxylic acids is 1. The van der Waals surface area contributed by atoms with Crippen LogP contribution in [0.1, 0.15) is 41.6 Å². The second-order valence-corrected chi connectivity index (χ2v) is 9.64. The molecule has 0 aromatic heterocycles. The van der Waals surface area contributed by atoms with Crippen LogP contribution < -0.4 is 4.31 Å². The lowest BCUT2D eigenvalue weighted by molar-refractivity contribution is 0.0268. The van der Waals surface area contributed by atoms with Gasteiger partial charge in [-0.1, -0.05) is 36.6 Å². The first-order valence-corrected chi connectivity index (χ1v) is 11.3. The van der Waals surface area contributed by atoms with Crippen molar-refractivity contribution in [3.63, 3.8) is 0 Å². The van der Waals surface area contributed by atoms with E-state index in [2.05, 4.69) is 0 Å². The Bertz CT molecular complexity index is 973. The number of carbonyl (C=O) groups is 1. The fourth-order valence-electron chi connectivity index (χ4n) is 3.74. The van der Waals surface area contributed by atoms with Gasteiger partial charge in [0.1, 0.15) is 0 Å². The average molecular weight is 417 g/mol. The Hall–Kier alpha value is -2.38. The predicted molar refractivity (Wildman–Crippen MR) is 114 cm³/mol. The number of rotatable bonds is 5. The van der Waals surface area contributed by atoms with Crippen molar-refractivity contribution < 1.29 is 18.3 Å². The minimum Gasteiger partial charge on any atom is -0.391 e. The average Bonchev–Trinajstić information content (AvgIpc) is 2.73. The van der Waals surface area contributed by atoms with Crippen LogP contribution in [-0.4, -0.2) is 50.6 Å². The molecule has 1 amide bonds. The molecule has 2 aromatic carbocycles. The second kappa shape index (κ2) is 8.55. The van der Waals surface area contributed by atoms with Crippen molar-refractivity contribution >= 4 is 21.6 Å². The van der Waals surface area contributed by atoms with Crippen molar-refractivity contribution in [1.29, 1.82) is 0 Å². The number of hydrogen-bond acceptors (Lipinski definition) is 4. The normalized spacial score (nSPS) is 19.6. The molecule has 0 saturated heterocycles. The maximum Gasteiger partial charge on any atom is 0.264 e. The van der Waals surface area contributed by atoms with Crippen molar-refractivity contribution in [1.82, 2.24) is 4.90 Å². The molecule has 2 atom stereocenters. The Morgan fingerprint density at radius 2 is 1.69 bits per heavy atom. The molecule has 0 aliphatic heterocycles. The van der Waals surface area contributed by atoms with Gasteiger partial charge in [0.25, 0.3) is 15.9 Å². The molecule has 1 fully saturated rings. The van der Waals surface area contributed by atoms with Crippen LogP contribution in [0.5, 0.6) is 0 Å². The molecule has 0 heterocycles. The van der Waals surface area contributed by atoms with Crippen LogP contribution in [0.2, 0.25) is 0 Å². The zero-order valence-electron chi connectivity index (χ0n) is 17.1. The molecular formula is C22H28N2O4S. The third kappa shape index (κ3) is 4.46. The molecule has 0 unspecified atom stereocenters. The summed E-state index contributed by atoms with van der Waals surface area (Å²) in [7, 11) is -0.557. The summed E-state index contributed by atoms with van der Waals surface area (Å²) in [6.07, 6.45) is 2.89. The first kappa shape index (κ1) is 21.3. The zero-order chi connectivity index (χ0) is 21.2. The summed E-state index contributed by atoms with van der Waals surface area (Å²) in [5.74, 6) is -0.223. The van der Waals surface area contributed by atoms with Gasteiger partial charge in [-0.15, -0.1) is 0 Å². The van der Waals surface area contributed by atoms with Crippen LogP contribution in [0.25, 0.3) is 0 Å². The van der Waals surface area contributed by atoms with E-state index in [1.54, 1.807) is 60.5 Å². The van der Waals surface area contributed by atoms with E-state index in [0.29, 0.717) is 17.7 Å². The Morgan fingerprint density at radius 1 is 1.03 bits per heavy atom. The number of sulfonamides is 1. The summed E-state index contributed by atoms with van der Waals surface area (Å²) in [5, 5.41) is 10.2. The highest BCUT2D eigenvalue weighted by atomic mass is 32.2. The monoisotopic (exact) mass is 416 g/mol. The highest BCUT2D eigenvalue weighted by Crippen LogP contribution is 2.26. The molecule has 2 aromatic rings. The Kier molecular flexibility index (Phi) is 6.29. The van der Waals surface area contributed by atoms with Crippen LogP contribution >= 0.6 is 0 Å². The fraction of sp³-hybridized carbons (Fsp3) is 0.409. The van der Waals surface area contributed by atoms with Gasteiger partial charge in [0.2, 0.25) is 0 Å². The molecular weight excluding hydrogens is 388 g/mol. The van der Waals surface area contributed by atoms with Gasteiger partial charge in [-0.2, -0.15) is 0 Å². The number of likely N-dealkylation sites (N-methyl/N-ethyl adjacent to an activating group) is 1.